The van der Waals surface area contributed by atoms with Gasteiger partial charge in [-0.2, -0.15) is 5.26 Å². The molecule has 1 heterocycles. The molecular weight excluding hydrogens is 212 g/mol. The fourth-order valence-electron chi connectivity index (χ4n) is 2.43. The molecule has 0 saturated carbocycles. The van der Waals surface area contributed by atoms with Crippen LogP contribution in [0.3, 0.4) is 0 Å². The lowest BCUT2D eigenvalue weighted by Crippen LogP contribution is -2.29. The van der Waals surface area contributed by atoms with E-state index in [9.17, 15) is 4.79 Å². The molecule has 3 heteroatoms. The zero-order valence-electron chi connectivity index (χ0n) is 9.97. The first kappa shape index (κ1) is 11.7. The third-order valence-electron chi connectivity index (χ3n) is 3.29. The van der Waals surface area contributed by atoms with Gasteiger partial charge >= 0.3 is 0 Å². The molecular formula is C14H16N2O. The standard InChI is InChI=1S/C14H16N2O/c1-2-13(12-6-4-3-5-7-12)16-10-11(9-15)8-14(16)17/h3-7,11,13H,2,8,10H2,1H3. The number of amides is 1. The van der Waals surface area contributed by atoms with Crippen LogP contribution in [0.25, 0.3) is 0 Å². The Morgan fingerprint density at radius 2 is 2.18 bits per heavy atom. The van der Waals surface area contributed by atoms with Crippen LogP contribution < -0.4 is 0 Å². The smallest absolute Gasteiger partial charge is 0.224 e. The normalized spacial score (nSPS) is 21.3. The van der Waals surface area contributed by atoms with Gasteiger partial charge in [-0.1, -0.05) is 37.3 Å². The van der Waals surface area contributed by atoms with Crippen LogP contribution in [0.4, 0.5) is 0 Å². The summed E-state index contributed by atoms with van der Waals surface area (Å²) in [6, 6.07) is 12.3. The van der Waals surface area contributed by atoms with Gasteiger partial charge in [-0.3, -0.25) is 4.79 Å². The Morgan fingerprint density at radius 3 is 2.71 bits per heavy atom. The molecule has 0 aromatic heterocycles. The number of carbonyl (C=O) groups is 1. The van der Waals surface area contributed by atoms with Crippen LogP contribution in [-0.2, 0) is 4.79 Å². The van der Waals surface area contributed by atoms with Crippen molar-refractivity contribution in [3.8, 4) is 6.07 Å². The summed E-state index contributed by atoms with van der Waals surface area (Å²) in [4.78, 5) is 13.7. The van der Waals surface area contributed by atoms with Crippen LogP contribution in [0.2, 0.25) is 0 Å². The summed E-state index contributed by atoms with van der Waals surface area (Å²) >= 11 is 0. The molecule has 17 heavy (non-hydrogen) atoms. The van der Waals surface area contributed by atoms with E-state index in [0.717, 1.165) is 12.0 Å². The van der Waals surface area contributed by atoms with Crippen molar-refractivity contribution in [1.29, 1.82) is 5.26 Å². The van der Waals surface area contributed by atoms with Gasteiger partial charge in [0.1, 0.15) is 0 Å². The van der Waals surface area contributed by atoms with Crippen LogP contribution >= 0.6 is 0 Å². The summed E-state index contributed by atoms with van der Waals surface area (Å²) in [5, 5.41) is 8.90. The zero-order chi connectivity index (χ0) is 12.3. The zero-order valence-corrected chi connectivity index (χ0v) is 9.97. The Balaban J connectivity index is 2.21. The highest BCUT2D eigenvalue weighted by atomic mass is 16.2. The largest absolute Gasteiger partial charge is 0.334 e. The third-order valence-corrected chi connectivity index (χ3v) is 3.29. The van der Waals surface area contributed by atoms with E-state index in [-0.39, 0.29) is 17.9 Å². The van der Waals surface area contributed by atoms with E-state index in [4.69, 9.17) is 5.26 Å². The molecule has 3 nitrogen and oxygen atoms in total. The number of nitriles is 1. The molecule has 0 bridgehead atoms. The first-order valence-electron chi connectivity index (χ1n) is 6.00. The number of nitrogens with zero attached hydrogens (tertiary/aromatic N) is 2. The quantitative estimate of drug-likeness (QED) is 0.797. The van der Waals surface area contributed by atoms with Crippen LogP contribution in [-0.4, -0.2) is 17.4 Å². The van der Waals surface area contributed by atoms with Gasteiger partial charge in [0.2, 0.25) is 5.91 Å². The molecule has 0 radical (unpaired) electrons. The Morgan fingerprint density at radius 1 is 1.47 bits per heavy atom. The molecule has 1 aliphatic heterocycles. The van der Waals surface area contributed by atoms with E-state index >= 15 is 0 Å². The number of hydrogen-bond donors (Lipinski definition) is 0. The molecule has 1 aromatic carbocycles. The maximum Gasteiger partial charge on any atom is 0.224 e. The van der Waals surface area contributed by atoms with Gasteiger partial charge in [-0.15, -0.1) is 0 Å². The Bertz CT molecular complexity index is 435. The molecule has 1 saturated heterocycles. The number of carbonyl (C=O) groups excluding carboxylic acids is 1. The molecule has 2 rings (SSSR count). The lowest BCUT2D eigenvalue weighted by Gasteiger charge is -2.27. The van der Waals surface area contributed by atoms with E-state index < -0.39 is 0 Å². The molecule has 1 aromatic rings. The Kier molecular flexibility index (Phi) is 3.43. The third kappa shape index (κ3) is 2.31. The van der Waals surface area contributed by atoms with Gasteiger partial charge in [0.05, 0.1) is 18.0 Å². The highest BCUT2D eigenvalue weighted by molar-refractivity contribution is 5.79. The lowest BCUT2D eigenvalue weighted by molar-refractivity contribution is -0.129. The molecule has 1 amide bonds. The van der Waals surface area contributed by atoms with E-state index in [0.29, 0.717) is 13.0 Å². The number of hydrogen-bond acceptors (Lipinski definition) is 2. The first-order chi connectivity index (χ1) is 8.26. The van der Waals surface area contributed by atoms with Gasteiger partial charge in [0.25, 0.3) is 0 Å². The number of rotatable bonds is 3. The van der Waals surface area contributed by atoms with Crippen molar-refractivity contribution in [2.24, 2.45) is 5.92 Å². The summed E-state index contributed by atoms with van der Waals surface area (Å²) in [7, 11) is 0. The van der Waals surface area contributed by atoms with E-state index in [1.807, 2.05) is 35.2 Å². The second-order valence-corrected chi connectivity index (χ2v) is 4.41. The van der Waals surface area contributed by atoms with Crippen molar-refractivity contribution in [2.45, 2.75) is 25.8 Å². The van der Waals surface area contributed by atoms with Crippen LogP contribution in [0.5, 0.6) is 0 Å². The molecule has 0 aliphatic carbocycles. The van der Waals surface area contributed by atoms with Crippen molar-refractivity contribution in [1.82, 2.24) is 4.90 Å². The average Bonchev–Trinajstić information content (AvgIpc) is 2.73. The van der Waals surface area contributed by atoms with Crippen molar-refractivity contribution in [3.63, 3.8) is 0 Å². The van der Waals surface area contributed by atoms with Gasteiger partial charge < -0.3 is 4.90 Å². The number of likely N-dealkylation sites (tertiary alicyclic amines) is 1. The Hall–Kier alpha value is -1.82. The molecule has 1 fully saturated rings. The van der Waals surface area contributed by atoms with Crippen LogP contribution in [0.15, 0.2) is 30.3 Å². The average molecular weight is 228 g/mol. The van der Waals surface area contributed by atoms with E-state index in [1.54, 1.807) is 0 Å². The summed E-state index contributed by atoms with van der Waals surface area (Å²) in [5.74, 6) is -0.0347. The summed E-state index contributed by atoms with van der Waals surface area (Å²) in [6.07, 6.45) is 1.26. The minimum absolute atomic E-state index is 0.104. The lowest BCUT2D eigenvalue weighted by atomic mass is 10.0. The molecule has 2 unspecified atom stereocenters. The van der Waals surface area contributed by atoms with Gasteiger partial charge in [0, 0.05) is 13.0 Å². The predicted molar refractivity (Wildman–Crippen MR) is 64.9 cm³/mol. The summed E-state index contributed by atoms with van der Waals surface area (Å²) in [6.45, 7) is 2.65. The number of benzene rings is 1. The summed E-state index contributed by atoms with van der Waals surface area (Å²) in [5.41, 5.74) is 1.15. The molecule has 0 spiro atoms. The maximum absolute atomic E-state index is 11.9. The second-order valence-electron chi connectivity index (χ2n) is 4.41. The van der Waals surface area contributed by atoms with Gasteiger partial charge in [-0.05, 0) is 12.0 Å². The van der Waals surface area contributed by atoms with Crippen molar-refractivity contribution < 1.29 is 4.79 Å². The highest BCUT2D eigenvalue weighted by Gasteiger charge is 2.34. The maximum atomic E-state index is 11.9. The van der Waals surface area contributed by atoms with E-state index in [2.05, 4.69) is 13.0 Å². The predicted octanol–water partition coefficient (Wildman–Crippen LogP) is 2.51. The van der Waals surface area contributed by atoms with Crippen molar-refractivity contribution in [2.75, 3.05) is 6.54 Å². The monoisotopic (exact) mass is 228 g/mol. The minimum atomic E-state index is -0.139. The van der Waals surface area contributed by atoms with Crippen molar-refractivity contribution in [3.05, 3.63) is 35.9 Å². The SMILES string of the molecule is CCC(c1ccccc1)N1CC(C#N)CC1=O. The van der Waals surface area contributed by atoms with E-state index in [1.165, 1.54) is 0 Å². The van der Waals surface area contributed by atoms with Crippen molar-refractivity contribution >= 4 is 5.91 Å². The van der Waals surface area contributed by atoms with Crippen LogP contribution in [0, 0.1) is 17.2 Å². The Labute approximate surface area is 102 Å². The second kappa shape index (κ2) is 5.01. The molecule has 2 atom stereocenters. The fourth-order valence-corrected chi connectivity index (χ4v) is 2.43. The first-order valence-corrected chi connectivity index (χ1v) is 6.00. The highest BCUT2D eigenvalue weighted by Crippen LogP contribution is 2.30. The van der Waals surface area contributed by atoms with Gasteiger partial charge in [-0.25, -0.2) is 0 Å². The summed E-state index contributed by atoms with van der Waals surface area (Å²) < 4.78 is 0. The topological polar surface area (TPSA) is 44.1 Å². The minimum Gasteiger partial charge on any atom is -0.334 e. The fraction of sp³-hybridized carbons (Fsp3) is 0.429. The molecule has 0 N–H and O–H groups in total. The van der Waals surface area contributed by atoms with Crippen LogP contribution in [0.1, 0.15) is 31.4 Å². The van der Waals surface area contributed by atoms with Gasteiger partial charge in [0.15, 0.2) is 0 Å². The molecule has 88 valence electrons. The molecule has 1 aliphatic rings.